The molecule has 0 aromatic heterocycles. The minimum atomic E-state index is 0.302. The molecule has 2 atom stereocenters. The van der Waals surface area contributed by atoms with Crippen molar-refractivity contribution in [2.45, 2.75) is 59.1 Å². The van der Waals surface area contributed by atoms with E-state index in [-0.39, 0.29) is 0 Å². The highest BCUT2D eigenvalue weighted by atomic mass is 16.5. The Morgan fingerprint density at radius 2 is 2.11 bits per heavy atom. The molecule has 0 bridgehead atoms. The minimum Gasteiger partial charge on any atom is -0.490 e. The largest absolute Gasteiger partial charge is 0.490 e. The second kappa shape index (κ2) is 5.54. The van der Waals surface area contributed by atoms with Crippen LogP contribution in [0.2, 0.25) is 0 Å². The summed E-state index contributed by atoms with van der Waals surface area (Å²) in [6.45, 7) is 9.02. The average molecular weight is 261 g/mol. The number of hydrogen-bond donors (Lipinski definition) is 1. The second-order valence-corrected chi connectivity index (χ2v) is 6.84. The maximum atomic E-state index is 6.04. The van der Waals surface area contributed by atoms with Gasteiger partial charge in [0.1, 0.15) is 11.9 Å². The van der Waals surface area contributed by atoms with E-state index < -0.39 is 0 Å². The van der Waals surface area contributed by atoms with Crippen LogP contribution in [0, 0.1) is 12.3 Å². The molecule has 0 spiro atoms. The third-order valence-corrected chi connectivity index (χ3v) is 4.13. The van der Waals surface area contributed by atoms with E-state index in [4.69, 9.17) is 4.74 Å². The number of hydrogen-bond acceptors (Lipinski definition) is 2. The summed E-state index contributed by atoms with van der Waals surface area (Å²) in [7, 11) is 2.06. The fraction of sp³-hybridized carbons (Fsp3) is 0.647. The highest BCUT2D eigenvalue weighted by Gasteiger charge is 2.27. The lowest BCUT2D eigenvalue weighted by Crippen LogP contribution is -2.38. The fourth-order valence-electron chi connectivity index (χ4n) is 2.97. The lowest BCUT2D eigenvalue weighted by atomic mass is 9.83. The first-order valence-electron chi connectivity index (χ1n) is 7.33. The highest BCUT2D eigenvalue weighted by Crippen LogP contribution is 2.32. The molecule has 0 saturated carbocycles. The smallest absolute Gasteiger partial charge is 0.123 e. The van der Waals surface area contributed by atoms with E-state index in [0.29, 0.717) is 17.6 Å². The Balaban J connectivity index is 1.90. The minimum absolute atomic E-state index is 0.302. The molecule has 1 N–H and O–H groups in total. The summed E-state index contributed by atoms with van der Waals surface area (Å²) in [5, 5.41) is 3.44. The Labute approximate surface area is 117 Å². The van der Waals surface area contributed by atoms with Gasteiger partial charge in [-0.1, -0.05) is 38.5 Å². The van der Waals surface area contributed by atoms with Gasteiger partial charge in [0.25, 0.3) is 0 Å². The van der Waals surface area contributed by atoms with Crippen LogP contribution in [0.1, 0.15) is 44.7 Å². The molecule has 2 nitrogen and oxygen atoms in total. The zero-order valence-electron chi connectivity index (χ0n) is 12.9. The molecular weight excluding hydrogens is 234 g/mol. The summed E-state index contributed by atoms with van der Waals surface area (Å²) in [5.41, 5.74) is 3.00. The maximum Gasteiger partial charge on any atom is 0.123 e. The zero-order chi connectivity index (χ0) is 14.0. The Bertz CT molecular complexity index is 433. The molecule has 1 aliphatic rings. The van der Waals surface area contributed by atoms with E-state index in [0.717, 1.165) is 25.0 Å². The third-order valence-electron chi connectivity index (χ3n) is 4.13. The van der Waals surface area contributed by atoms with Crippen molar-refractivity contribution in [3.8, 4) is 5.75 Å². The molecule has 0 fully saturated rings. The van der Waals surface area contributed by atoms with Crippen molar-refractivity contribution in [3.63, 3.8) is 0 Å². The normalized spacial score (nSPS) is 19.9. The topological polar surface area (TPSA) is 21.3 Å². The monoisotopic (exact) mass is 261 g/mol. The van der Waals surface area contributed by atoms with Gasteiger partial charge in [-0.05, 0) is 43.9 Å². The number of fused-ring (bicyclic) bond motifs is 1. The average Bonchev–Trinajstić information content (AvgIpc) is 2.69. The molecule has 0 amide bonds. The van der Waals surface area contributed by atoms with Gasteiger partial charge in [-0.25, -0.2) is 0 Å². The van der Waals surface area contributed by atoms with Crippen LogP contribution >= 0.6 is 0 Å². The predicted octanol–water partition coefficient (Wildman–Crippen LogP) is 3.71. The summed E-state index contributed by atoms with van der Waals surface area (Å²) in [5.74, 6) is 1.09. The van der Waals surface area contributed by atoms with E-state index in [1.807, 2.05) is 0 Å². The standard InChI is InChI=1S/C17H27NO/c1-12-6-8-15-13(10-12)11-14(19-15)7-9-16(18-5)17(2,3)4/h6,8,10,14,16,18H,7,9,11H2,1-5H3. The van der Waals surface area contributed by atoms with Crippen molar-refractivity contribution in [1.29, 1.82) is 0 Å². The van der Waals surface area contributed by atoms with Crippen molar-refractivity contribution < 1.29 is 4.74 Å². The number of rotatable bonds is 4. The van der Waals surface area contributed by atoms with Gasteiger partial charge in [-0.3, -0.25) is 0 Å². The third kappa shape index (κ3) is 3.50. The first kappa shape index (κ1) is 14.4. The molecule has 0 aliphatic carbocycles. The van der Waals surface area contributed by atoms with E-state index in [1.54, 1.807) is 0 Å². The number of ether oxygens (including phenoxy) is 1. The summed E-state index contributed by atoms with van der Waals surface area (Å²) in [6, 6.07) is 7.05. The zero-order valence-corrected chi connectivity index (χ0v) is 12.9. The van der Waals surface area contributed by atoms with Crippen molar-refractivity contribution in [2.24, 2.45) is 5.41 Å². The summed E-state index contributed by atoms with van der Waals surface area (Å²) in [6.07, 6.45) is 3.71. The Morgan fingerprint density at radius 1 is 1.37 bits per heavy atom. The van der Waals surface area contributed by atoms with Crippen LogP contribution < -0.4 is 10.1 Å². The van der Waals surface area contributed by atoms with Gasteiger partial charge in [-0.15, -0.1) is 0 Å². The van der Waals surface area contributed by atoms with Crippen LogP contribution in [-0.4, -0.2) is 19.2 Å². The highest BCUT2D eigenvalue weighted by molar-refractivity contribution is 5.40. The van der Waals surface area contributed by atoms with Crippen LogP contribution in [0.15, 0.2) is 18.2 Å². The van der Waals surface area contributed by atoms with Gasteiger partial charge in [-0.2, -0.15) is 0 Å². The lowest BCUT2D eigenvalue weighted by molar-refractivity contribution is 0.188. The van der Waals surface area contributed by atoms with E-state index in [2.05, 4.69) is 58.3 Å². The van der Waals surface area contributed by atoms with Gasteiger partial charge in [0.05, 0.1) is 0 Å². The lowest BCUT2D eigenvalue weighted by Gasteiger charge is -2.31. The van der Waals surface area contributed by atoms with Crippen molar-refractivity contribution >= 4 is 0 Å². The van der Waals surface area contributed by atoms with Crippen LogP contribution in [-0.2, 0) is 6.42 Å². The van der Waals surface area contributed by atoms with Crippen LogP contribution in [0.5, 0.6) is 5.75 Å². The molecular formula is C17H27NO. The van der Waals surface area contributed by atoms with E-state index >= 15 is 0 Å². The maximum absolute atomic E-state index is 6.04. The summed E-state index contributed by atoms with van der Waals surface area (Å²) < 4.78 is 6.04. The van der Waals surface area contributed by atoms with Crippen molar-refractivity contribution in [3.05, 3.63) is 29.3 Å². The Kier molecular flexibility index (Phi) is 4.19. The molecule has 1 aromatic rings. The van der Waals surface area contributed by atoms with Crippen molar-refractivity contribution in [2.75, 3.05) is 7.05 Å². The Hall–Kier alpha value is -1.02. The first-order valence-corrected chi connectivity index (χ1v) is 7.33. The van der Waals surface area contributed by atoms with E-state index in [9.17, 15) is 0 Å². The number of benzene rings is 1. The molecule has 106 valence electrons. The fourth-order valence-corrected chi connectivity index (χ4v) is 2.97. The molecule has 2 unspecified atom stereocenters. The van der Waals surface area contributed by atoms with Gasteiger partial charge < -0.3 is 10.1 Å². The molecule has 2 heteroatoms. The SMILES string of the molecule is CNC(CCC1Cc2cc(C)ccc2O1)C(C)(C)C. The molecule has 2 rings (SSSR count). The van der Waals surface area contributed by atoms with Gasteiger partial charge >= 0.3 is 0 Å². The van der Waals surface area contributed by atoms with Crippen LogP contribution in [0.4, 0.5) is 0 Å². The Morgan fingerprint density at radius 3 is 2.74 bits per heavy atom. The molecule has 19 heavy (non-hydrogen) atoms. The molecule has 1 aliphatic heterocycles. The van der Waals surface area contributed by atoms with Crippen LogP contribution in [0.25, 0.3) is 0 Å². The van der Waals surface area contributed by atoms with Gasteiger partial charge in [0.15, 0.2) is 0 Å². The van der Waals surface area contributed by atoms with Gasteiger partial charge in [0, 0.05) is 12.5 Å². The summed E-state index contributed by atoms with van der Waals surface area (Å²) >= 11 is 0. The summed E-state index contributed by atoms with van der Waals surface area (Å²) in [4.78, 5) is 0. The molecule has 1 aromatic carbocycles. The first-order chi connectivity index (χ1) is 8.90. The molecule has 1 heterocycles. The van der Waals surface area contributed by atoms with E-state index in [1.165, 1.54) is 11.1 Å². The molecule has 0 radical (unpaired) electrons. The number of nitrogens with one attached hydrogen (secondary N) is 1. The predicted molar refractivity (Wildman–Crippen MR) is 80.8 cm³/mol. The van der Waals surface area contributed by atoms with Crippen LogP contribution in [0.3, 0.4) is 0 Å². The number of aryl methyl sites for hydroxylation is 1. The van der Waals surface area contributed by atoms with Gasteiger partial charge in [0.2, 0.25) is 0 Å². The quantitative estimate of drug-likeness (QED) is 0.892. The van der Waals surface area contributed by atoms with Crippen molar-refractivity contribution in [1.82, 2.24) is 5.32 Å². The molecule has 0 saturated heterocycles. The second-order valence-electron chi connectivity index (χ2n) is 6.84.